The van der Waals surface area contributed by atoms with Crippen LogP contribution in [0, 0.1) is 12.7 Å². The molecule has 0 aliphatic carbocycles. The van der Waals surface area contributed by atoms with Crippen molar-refractivity contribution in [3.05, 3.63) is 82.0 Å². The van der Waals surface area contributed by atoms with E-state index in [2.05, 4.69) is 15.2 Å². The summed E-state index contributed by atoms with van der Waals surface area (Å²) in [4.78, 5) is 17.7. The molecule has 4 rings (SSSR count). The summed E-state index contributed by atoms with van der Waals surface area (Å²) in [6.45, 7) is 2.02. The van der Waals surface area contributed by atoms with Crippen LogP contribution in [-0.2, 0) is 12.3 Å². The fraction of sp³-hybridized carbons (Fsp3) is 0.158. The molecule has 0 N–H and O–H groups in total. The number of aromatic nitrogens is 4. The molecule has 136 valence electrons. The van der Waals surface area contributed by atoms with Crippen LogP contribution in [0.4, 0.5) is 4.39 Å². The lowest BCUT2D eigenvalue weighted by Gasteiger charge is -2.12. The highest BCUT2D eigenvalue weighted by Gasteiger charge is 2.14. The first-order valence-corrected chi connectivity index (χ1v) is 9.24. The largest absolute Gasteiger partial charge is 0.425 e. The highest BCUT2D eigenvalue weighted by Crippen LogP contribution is 2.22. The first kappa shape index (κ1) is 17.4. The third-order valence-corrected chi connectivity index (χ3v) is 4.93. The lowest BCUT2D eigenvalue weighted by atomic mass is 10.2. The molecule has 0 amide bonds. The van der Waals surface area contributed by atoms with Crippen molar-refractivity contribution in [2.24, 2.45) is 0 Å². The average Bonchev–Trinajstić information content (AvgIpc) is 3.09. The van der Waals surface area contributed by atoms with Gasteiger partial charge >= 0.3 is 0 Å². The van der Waals surface area contributed by atoms with Crippen LogP contribution in [0.2, 0.25) is 0 Å². The van der Waals surface area contributed by atoms with Crippen molar-refractivity contribution < 1.29 is 8.81 Å². The summed E-state index contributed by atoms with van der Waals surface area (Å²) in [6, 6.07) is 13.3. The minimum Gasteiger partial charge on any atom is -0.425 e. The summed E-state index contributed by atoms with van der Waals surface area (Å²) >= 11 is 1.35. The van der Waals surface area contributed by atoms with Gasteiger partial charge < -0.3 is 4.42 Å². The van der Waals surface area contributed by atoms with Gasteiger partial charge in [-0.3, -0.25) is 9.36 Å². The fourth-order valence-electron chi connectivity index (χ4n) is 2.69. The highest BCUT2D eigenvalue weighted by atomic mass is 32.2. The smallest absolute Gasteiger partial charge is 0.262 e. The molecule has 0 saturated carbocycles. The van der Waals surface area contributed by atoms with Gasteiger partial charge in [-0.1, -0.05) is 36.0 Å². The van der Waals surface area contributed by atoms with Gasteiger partial charge in [-0.2, -0.15) is 0 Å². The molecule has 2 heterocycles. The Bertz CT molecular complexity index is 1150. The van der Waals surface area contributed by atoms with E-state index in [4.69, 9.17) is 4.42 Å². The van der Waals surface area contributed by atoms with Gasteiger partial charge in [0.05, 0.1) is 23.2 Å². The molecule has 0 bridgehead atoms. The third-order valence-electron chi connectivity index (χ3n) is 3.97. The van der Waals surface area contributed by atoms with Crippen LogP contribution in [0.3, 0.4) is 0 Å². The van der Waals surface area contributed by atoms with Crippen molar-refractivity contribution >= 4 is 22.7 Å². The van der Waals surface area contributed by atoms with E-state index in [-0.39, 0.29) is 11.4 Å². The zero-order valence-electron chi connectivity index (χ0n) is 14.4. The number of halogens is 1. The molecule has 6 nitrogen and oxygen atoms in total. The Morgan fingerprint density at radius 2 is 1.89 bits per heavy atom. The average molecular weight is 382 g/mol. The van der Waals surface area contributed by atoms with Crippen molar-refractivity contribution in [2.75, 3.05) is 0 Å². The molecule has 0 atom stereocenters. The van der Waals surface area contributed by atoms with Crippen LogP contribution in [0.25, 0.3) is 10.9 Å². The van der Waals surface area contributed by atoms with Crippen LogP contribution in [0.15, 0.2) is 62.9 Å². The molecule has 0 aliphatic rings. The summed E-state index contributed by atoms with van der Waals surface area (Å²) in [5.41, 5.74) is 1.29. The minimum atomic E-state index is -0.316. The molecular formula is C19H15FN4O2S. The molecule has 0 radical (unpaired) electrons. The monoisotopic (exact) mass is 382 g/mol. The van der Waals surface area contributed by atoms with E-state index in [9.17, 15) is 9.18 Å². The molecular weight excluding hydrogens is 367 g/mol. The van der Waals surface area contributed by atoms with Crippen molar-refractivity contribution in [2.45, 2.75) is 24.4 Å². The molecule has 0 aliphatic heterocycles. The number of hydrogen-bond donors (Lipinski definition) is 0. The van der Waals surface area contributed by atoms with Crippen molar-refractivity contribution in [1.82, 2.24) is 19.7 Å². The number of thioether (sulfide) groups is 1. The van der Waals surface area contributed by atoms with E-state index in [1.807, 2.05) is 12.1 Å². The normalized spacial score (nSPS) is 11.2. The topological polar surface area (TPSA) is 73.8 Å². The Morgan fingerprint density at radius 3 is 2.63 bits per heavy atom. The molecule has 2 aromatic heterocycles. The first-order chi connectivity index (χ1) is 13.1. The number of benzene rings is 2. The summed E-state index contributed by atoms with van der Waals surface area (Å²) < 4.78 is 20.2. The lowest BCUT2D eigenvalue weighted by molar-refractivity contribution is 0.485. The number of fused-ring (bicyclic) bond motifs is 1. The predicted molar refractivity (Wildman–Crippen MR) is 100 cm³/mol. The fourth-order valence-corrected chi connectivity index (χ4v) is 3.53. The second-order valence-corrected chi connectivity index (χ2v) is 6.88. The third kappa shape index (κ3) is 3.75. The maximum absolute atomic E-state index is 13.2. The van der Waals surface area contributed by atoms with Gasteiger partial charge in [0.15, 0.2) is 5.16 Å². The van der Waals surface area contributed by atoms with Crippen molar-refractivity contribution in [3.8, 4) is 0 Å². The number of aryl methyl sites for hydroxylation is 1. The number of hydrogen-bond acceptors (Lipinski definition) is 6. The molecule has 0 spiro atoms. The molecule has 0 fully saturated rings. The van der Waals surface area contributed by atoms with Crippen LogP contribution in [0.1, 0.15) is 17.3 Å². The standard InChI is InChI=1S/C19H15FN4O2S/c1-12-22-23-17(26-12)11-27-19-21-16-5-3-2-4-15(16)18(25)24(19)10-13-6-8-14(20)9-7-13/h2-9H,10-11H2,1H3. The molecule has 0 saturated heterocycles. The van der Waals surface area contributed by atoms with E-state index in [1.54, 1.807) is 35.8 Å². The van der Waals surface area contributed by atoms with E-state index < -0.39 is 0 Å². The van der Waals surface area contributed by atoms with Crippen LogP contribution in [-0.4, -0.2) is 19.7 Å². The van der Waals surface area contributed by atoms with Gasteiger partial charge in [0.2, 0.25) is 11.8 Å². The van der Waals surface area contributed by atoms with E-state index in [0.29, 0.717) is 40.1 Å². The number of nitrogens with zero attached hydrogens (tertiary/aromatic N) is 4. The van der Waals surface area contributed by atoms with Crippen molar-refractivity contribution in [1.29, 1.82) is 0 Å². The summed E-state index contributed by atoms with van der Waals surface area (Å²) in [7, 11) is 0. The predicted octanol–water partition coefficient (Wildman–Crippen LogP) is 3.57. The van der Waals surface area contributed by atoms with Gasteiger partial charge in [-0.25, -0.2) is 9.37 Å². The SMILES string of the molecule is Cc1nnc(CSc2nc3ccccc3c(=O)n2Cc2ccc(F)cc2)o1. The van der Waals surface area contributed by atoms with Gasteiger partial charge in [0.1, 0.15) is 5.82 Å². The molecule has 4 aromatic rings. The van der Waals surface area contributed by atoms with E-state index in [0.717, 1.165) is 5.56 Å². The molecule has 0 unspecified atom stereocenters. The number of para-hydroxylation sites is 1. The Morgan fingerprint density at radius 1 is 1.11 bits per heavy atom. The summed E-state index contributed by atoms with van der Waals surface area (Å²) in [5.74, 6) is 1.03. The van der Waals surface area contributed by atoms with Gasteiger partial charge in [-0.05, 0) is 29.8 Å². The quantitative estimate of drug-likeness (QED) is 0.388. The lowest BCUT2D eigenvalue weighted by Crippen LogP contribution is -2.24. The maximum Gasteiger partial charge on any atom is 0.262 e. The molecule has 2 aromatic carbocycles. The summed E-state index contributed by atoms with van der Waals surface area (Å²) in [5, 5.41) is 8.87. The van der Waals surface area contributed by atoms with Crippen LogP contribution < -0.4 is 5.56 Å². The van der Waals surface area contributed by atoms with Gasteiger partial charge in [-0.15, -0.1) is 10.2 Å². The molecule has 27 heavy (non-hydrogen) atoms. The number of rotatable bonds is 5. The second-order valence-electron chi connectivity index (χ2n) is 5.93. The van der Waals surface area contributed by atoms with Crippen molar-refractivity contribution in [3.63, 3.8) is 0 Å². The van der Waals surface area contributed by atoms with E-state index in [1.165, 1.54) is 23.9 Å². The minimum absolute atomic E-state index is 0.144. The second kappa shape index (κ2) is 7.32. The zero-order chi connectivity index (χ0) is 18.8. The van der Waals surface area contributed by atoms with Gasteiger partial charge in [0.25, 0.3) is 5.56 Å². The van der Waals surface area contributed by atoms with Crippen LogP contribution >= 0.6 is 11.8 Å². The Kier molecular flexibility index (Phi) is 4.72. The first-order valence-electron chi connectivity index (χ1n) is 8.26. The Balaban J connectivity index is 1.74. The van der Waals surface area contributed by atoms with Gasteiger partial charge in [0, 0.05) is 6.92 Å². The Labute approximate surface area is 158 Å². The van der Waals surface area contributed by atoms with E-state index >= 15 is 0 Å². The Hall–Kier alpha value is -3.00. The summed E-state index contributed by atoms with van der Waals surface area (Å²) in [6.07, 6.45) is 0. The molecule has 8 heteroatoms. The maximum atomic E-state index is 13.2. The highest BCUT2D eigenvalue weighted by molar-refractivity contribution is 7.98. The zero-order valence-corrected chi connectivity index (χ0v) is 15.2. The van der Waals surface area contributed by atoms with Crippen LogP contribution in [0.5, 0.6) is 0 Å².